The van der Waals surface area contributed by atoms with Crippen molar-refractivity contribution in [2.45, 2.75) is 32.2 Å². The van der Waals surface area contributed by atoms with E-state index < -0.39 is 10.0 Å². The van der Waals surface area contributed by atoms with Crippen LogP contribution in [0.15, 0.2) is 41.3 Å². The van der Waals surface area contributed by atoms with Crippen LogP contribution >= 0.6 is 0 Å². The van der Waals surface area contributed by atoms with Gasteiger partial charge >= 0.3 is 0 Å². The topological polar surface area (TPSA) is 71.3 Å². The van der Waals surface area contributed by atoms with E-state index in [1.165, 1.54) is 4.90 Å². The largest absolute Gasteiger partial charge is 0.507 e. The van der Waals surface area contributed by atoms with E-state index in [1.54, 1.807) is 34.6 Å². The van der Waals surface area contributed by atoms with E-state index >= 15 is 0 Å². The number of nitrogens with zero attached hydrogens (tertiary/aromatic N) is 1. The van der Waals surface area contributed by atoms with Crippen LogP contribution in [-0.2, 0) is 16.6 Å². The number of piperazine rings is 1. The van der Waals surface area contributed by atoms with Crippen molar-refractivity contribution < 1.29 is 23.2 Å². The Morgan fingerprint density at radius 1 is 1.07 bits per heavy atom. The maximum Gasteiger partial charge on any atom is 0.243 e. The highest BCUT2D eigenvalue weighted by Crippen LogP contribution is 2.22. The molecule has 152 valence electrons. The number of nitrogens with one attached hydrogen (secondary N) is 1. The predicted octanol–water partition coefficient (Wildman–Crippen LogP) is 1.50. The molecule has 2 N–H and O–H groups in total. The Morgan fingerprint density at radius 2 is 1.68 bits per heavy atom. The Morgan fingerprint density at radius 3 is 2.29 bits per heavy atom. The Labute approximate surface area is 167 Å². The molecule has 0 amide bonds. The van der Waals surface area contributed by atoms with Crippen molar-refractivity contribution in [3.05, 3.63) is 53.1 Å². The highest BCUT2D eigenvalue weighted by atomic mass is 32.2. The van der Waals surface area contributed by atoms with Gasteiger partial charge in [-0.1, -0.05) is 0 Å². The first kappa shape index (κ1) is 20.6. The second kappa shape index (κ2) is 8.51. The Balaban J connectivity index is 1.63. The number of phenols is 1. The molecule has 1 heterocycles. The zero-order chi connectivity index (χ0) is 20.3. The van der Waals surface area contributed by atoms with Crippen molar-refractivity contribution >= 4 is 10.0 Å². The quantitative estimate of drug-likeness (QED) is 0.764. The highest BCUT2D eigenvalue weighted by Gasteiger charge is 2.30. The van der Waals surface area contributed by atoms with Crippen molar-refractivity contribution in [1.29, 1.82) is 0 Å². The molecule has 0 bridgehead atoms. The van der Waals surface area contributed by atoms with Crippen LogP contribution in [0.5, 0.6) is 11.5 Å². The lowest BCUT2D eigenvalue weighted by molar-refractivity contribution is -0.917. The van der Waals surface area contributed by atoms with Gasteiger partial charge in [0, 0.05) is 5.56 Å². The number of ether oxygens (including phenoxy) is 1. The fraction of sp³-hybridized carbons (Fsp3) is 0.429. The van der Waals surface area contributed by atoms with Crippen LogP contribution in [0.1, 0.15) is 23.6 Å². The fourth-order valence-corrected chi connectivity index (χ4v) is 4.96. The van der Waals surface area contributed by atoms with Gasteiger partial charge in [0.05, 0.1) is 37.7 Å². The van der Waals surface area contributed by atoms with Gasteiger partial charge < -0.3 is 14.7 Å². The molecule has 1 saturated heterocycles. The molecule has 6 nitrogen and oxygen atoms in total. The second-order valence-corrected chi connectivity index (χ2v) is 9.24. The fourth-order valence-electron chi connectivity index (χ4n) is 3.51. The summed E-state index contributed by atoms with van der Waals surface area (Å²) >= 11 is 0. The minimum atomic E-state index is -3.50. The summed E-state index contributed by atoms with van der Waals surface area (Å²) in [4.78, 5) is 1.57. The molecule has 0 aromatic heterocycles. The number of aromatic hydroxyl groups is 1. The van der Waals surface area contributed by atoms with E-state index in [0.29, 0.717) is 55.7 Å². The molecular weight excluding hydrogens is 376 g/mol. The summed E-state index contributed by atoms with van der Waals surface area (Å²) in [5.74, 6) is 0.990. The molecule has 0 spiro atoms. The normalized spacial score (nSPS) is 16.2. The van der Waals surface area contributed by atoms with Crippen LogP contribution in [0.2, 0.25) is 0 Å². The summed E-state index contributed by atoms with van der Waals surface area (Å²) in [6, 6.07) is 10.4. The molecule has 0 atom stereocenters. The lowest BCUT2D eigenvalue weighted by atomic mass is 10.0. The van der Waals surface area contributed by atoms with Gasteiger partial charge in [-0.25, -0.2) is 8.42 Å². The van der Waals surface area contributed by atoms with Crippen LogP contribution in [0, 0.1) is 13.8 Å². The summed E-state index contributed by atoms with van der Waals surface area (Å²) in [5.41, 5.74) is 3.15. The third-order valence-electron chi connectivity index (χ3n) is 5.34. The van der Waals surface area contributed by atoms with Crippen LogP contribution in [-0.4, -0.2) is 50.6 Å². The van der Waals surface area contributed by atoms with Crippen LogP contribution in [0.3, 0.4) is 0 Å². The molecule has 1 aliphatic rings. The number of hydrogen-bond donors (Lipinski definition) is 2. The molecule has 0 saturated carbocycles. The van der Waals surface area contributed by atoms with Gasteiger partial charge in [-0.3, -0.25) is 0 Å². The molecule has 0 unspecified atom stereocenters. The first-order chi connectivity index (χ1) is 13.3. The SMILES string of the molecule is CCOc1ccc(S(=O)(=O)N2CC[NH+](Cc3cc(C)c(C)cc3O)CC2)cc1. The van der Waals surface area contributed by atoms with E-state index in [-0.39, 0.29) is 0 Å². The van der Waals surface area contributed by atoms with Gasteiger partial charge in [0.1, 0.15) is 18.0 Å². The number of hydrogen-bond acceptors (Lipinski definition) is 4. The summed E-state index contributed by atoms with van der Waals surface area (Å²) in [6.07, 6.45) is 0. The van der Waals surface area contributed by atoms with Crippen molar-refractivity contribution in [3.8, 4) is 11.5 Å². The average molecular weight is 406 g/mol. The maximum absolute atomic E-state index is 12.9. The van der Waals surface area contributed by atoms with Crippen molar-refractivity contribution in [1.82, 2.24) is 4.31 Å². The lowest BCUT2D eigenvalue weighted by Crippen LogP contribution is -3.13. The van der Waals surface area contributed by atoms with Crippen LogP contribution in [0.4, 0.5) is 0 Å². The number of quaternary nitrogens is 1. The number of benzene rings is 2. The molecule has 2 aromatic carbocycles. The van der Waals surface area contributed by atoms with Gasteiger partial charge in [-0.2, -0.15) is 4.31 Å². The molecule has 7 heteroatoms. The minimum absolute atomic E-state index is 0.297. The van der Waals surface area contributed by atoms with E-state index in [2.05, 4.69) is 0 Å². The summed E-state index contributed by atoms with van der Waals surface area (Å²) in [6.45, 7) is 9.52. The van der Waals surface area contributed by atoms with Gasteiger partial charge in [0.25, 0.3) is 0 Å². The van der Waals surface area contributed by atoms with Crippen molar-refractivity contribution in [2.24, 2.45) is 0 Å². The molecule has 0 radical (unpaired) electrons. The Hall–Kier alpha value is -2.09. The zero-order valence-corrected chi connectivity index (χ0v) is 17.6. The van der Waals surface area contributed by atoms with Crippen LogP contribution < -0.4 is 9.64 Å². The molecule has 1 aliphatic heterocycles. The third-order valence-corrected chi connectivity index (χ3v) is 7.25. The predicted molar refractivity (Wildman–Crippen MR) is 108 cm³/mol. The second-order valence-electron chi connectivity index (χ2n) is 7.30. The third kappa shape index (κ3) is 4.48. The first-order valence-corrected chi connectivity index (χ1v) is 11.1. The minimum Gasteiger partial charge on any atom is -0.507 e. The molecule has 0 aliphatic carbocycles. The number of aryl methyl sites for hydroxylation is 2. The van der Waals surface area contributed by atoms with Gasteiger partial charge in [-0.05, 0) is 68.3 Å². The average Bonchev–Trinajstić information content (AvgIpc) is 2.67. The molecular formula is C21H29N2O4S+. The summed E-state index contributed by atoms with van der Waals surface area (Å²) in [7, 11) is -3.50. The summed E-state index contributed by atoms with van der Waals surface area (Å²) in [5, 5.41) is 10.2. The maximum atomic E-state index is 12.9. The standard InChI is InChI=1S/C21H28N2O4S/c1-4-27-19-5-7-20(8-6-19)28(25,26)23-11-9-22(10-12-23)15-18-13-16(2)17(3)14-21(18)24/h5-8,13-14,24H,4,9-12,15H2,1-3H3/p+1. The molecule has 2 aromatic rings. The highest BCUT2D eigenvalue weighted by molar-refractivity contribution is 7.89. The van der Waals surface area contributed by atoms with E-state index in [0.717, 1.165) is 16.7 Å². The molecule has 1 fully saturated rings. The van der Waals surface area contributed by atoms with Crippen molar-refractivity contribution in [2.75, 3.05) is 32.8 Å². The Bertz CT molecular complexity index is 918. The van der Waals surface area contributed by atoms with Gasteiger partial charge in [0.2, 0.25) is 10.0 Å². The Kier molecular flexibility index (Phi) is 6.27. The summed E-state index contributed by atoms with van der Waals surface area (Å²) < 4.78 is 32.7. The van der Waals surface area contributed by atoms with Gasteiger partial charge in [0.15, 0.2) is 0 Å². The van der Waals surface area contributed by atoms with Crippen molar-refractivity contribution in [3.63, 3.8) is 0 Å². The van der Waals surface area contributed by atoms with E-state index in [9.17, 15) is 13.5 Å². The monoisotopic (exact) mass is 405 g/mol. The molecule has 3 rings (SSSR count). The van der Waals surface area contributed by atoms with Gasteiger partial charge in [-0.15, -0.1) is 0 Å². The first-order valence-electron chi connectivity index (χ1n) is 9.67. The van der Waals surface area contributed by atoms with E-state index in [4.69, 9.17) is 4.74 Å². The van der Waals surface area contributed by atoms with E-state index in [1.807, 2.05) is 26.8 Å². The number of phenolic OH excluding ortho intramolecular Hbond substituents is 1. The number of rotatable bonds is 6. The lowest BCUT2D eigenvalue weighted by Gasteiger charge is -2.31. The zero-order valence-electron chi connectivity index (χ0n) is 16.7. The molecule has 28 heavy (non-hydrogen) atoms. The van der Waals surface area contributed by atoms with Crippen LogP contribution in [0.25, 0.3) is 0 Å². The smallest absolute Gasteiger partial charge is 0.243 e. The number of sulfonamides is 1.